The molecule has 0 fully saturated rings. The maximum Gasteiger partial charge on any atom is 0.195 e. The van der Waals surface area contributed by atoms with Crippen LogP contribution in [0.4, 0.5) is 13.2 Å². The number of carbonyl (C=O) groups excluding carboxylic acids is 1. The first kappa shape index (κ1) is 13.4. The van der Waals surface area contributed by atoms with Crippen LogP contribution >= 0.6 is 11.8 Å². The largest absolute Gasteiger partial charge is 0.298 e. The van der Waals surface area contributed by atoms with Crippen LogP contribution in [0.2, 0.25) is 0 Å². The van der Waals surface area contributed by atoms with E-state index in [4.69, 9.17) is 10.8 Å². The normalized spacial score (nSPS) is 10.1. The molecule has 0 spiro atoms. The predicted molar refractivity (Wildman–Crippen MR) is 59.5 cm³/mol. The van der Waals surface area contributed by atoms with Gasteiger partial charge in [0.15, 0.2) is 23.7 Å². The Labute approximate surface area is 99.0 Å². The summed E-state index contributed by atoms with van der Waals surface area (Å²) in [6, 6.07) is 0.749. The summed E-state index contributed by atoms with van der Waals surface area (Å²) in [6.45, 7) is 1.36. The molecule has 90 valence electrons. The van der Waals surface area contributed by atoms with Crippen LogP contribution in [-0.4, -0.2) is 16.4 Å². The summed E-state index contributed by atoms with van der Waals surface area (Å²) in [5.74, 6) is -4.91. The SMILES string of the molecule is CC(=N)SC(=N)c1cc(C=O)c(F)c(F)c1F. The summed E-state index contributed by atoms with van der Waals surface area (Å²) in [4.78, 5) is 10.4. The fourth-order valence-corrected chi connectivity index (χ4v) is 1.65. The highest BCUT2D eigenvalue weighted by molar-refractivity contribution is 8.26. The number of halogens is 3. The van der Waals surface area contributed by atoms with Crippen LogP contribution in [0.15, 0.2) is 6.07 Å². The van der Waals surface area contributed by atoms with Gasteiger partial charge >= 0.3 is 0 Å². The van der Waals surface area contributed by atoms with Gasteiger partial charge in [-0.05, 0) is 13.0 Å². The van der Waals surface area contributed by atoms with Crippen molar-refractivity contribution in [3.05, 3.63) is 34.6 Å². The van der Waals surface area contributed by atoms with Crippen molar-refractivity contribution in [2.75, 3.05) is 0 Å². The van der Waals surface area contributed by atoms with Gasteiger partial charge in [0, 0.05) is 5.56 Å². The fraction of sp³-hybridized carbons (Fsp3) is 0.100. The van der Waals surface area contributed by atoms with Crippen LogP contribution in [0.25, 0.3) is 0 Å². The highest BCUT2D eigenvalue weighted by atomic mass is 32.2. The van der Waals surface area contributed by atoms with Gasteiger partial charge in [0.25, 0.3) is 0 Å². The van der Waals surface area contributed by atoms with E-state index >= 15 is 0 Å². The van der Waals surface area contributed by atoms with E-state index in [0.29, 0.717) is 11.8 Å². The van der Waals surface area contributed by atoms with Crippen LogP contribution in [0.1, 0.15) is 22.8 Å². The van der Waals surface area contributed by atoms with E-state index in [1.807, 2.05) is 0 Å². The smallest absolute Gasteiger partial charge is 0.195 e. The number of thioether (sulfide) groups is 1. The van der Waals surface area contributed by atoms with Crippen molar-refractivity contribution < 1.29 is 18.0 Å². The van der Waals surface area contributed by atoms with Gasteiger partial charge in [0.1, 0.15) is 5.04 Å². The van der Waals surface area contributed by atoms with Gasteiger partial charge in [-0.15, -0.1) is 0 Å². The Morgan fingerprint density at radius 2 is 1.82 bits per heavy atom. The molecule has 17 heavy (non-hydrogen) atoms. The summed E-state index contributed by atoms with van der Waals surface area (Å²) in [7, 11) is 0. The first-order chi connectivity index (χ1) is 7.88. The number of benzene rings is 1. The fourth-order valence-electron chi connectivity index (χ4n) is 1.08. The Hall–Kier alpha value is -1.63. The molecule has 7 heteroatoms. The van der Waals surface area contributed by atoms with Crippen molar-refractivity contribution in [2.45, 2.75) is 6.92 Å². The standard InChI is InChI=1S/C10H7F3N2OS/c1-4(14)17-10(15)6-2-5(3-16)7(11)9(13)8(6)12/h2-3,14-15H,1H3. The molecule has 1 aromatic rings. The van der Waals surface area contributed by atoms with Crippen molar-refractivity contribution >= 4 is 28.1 Å². The molecule has 0 aliphatic heterocycles. The third-order valence-electron chi connectivity index (χ3n) is 1.80. The summed E-state index contributed by atoms with van der Waals surface area (Å²) in [5, 5.41) is 14.0. The Morgan fingerprint density at radius 3 is 2.29 bits per heavy atom. The zero-order chi connectivity index (χ0) is 13.2. The average Bonchev–Trinajstić information content (AvgIpc) is 2.25. The minimum Gasteiger partial charge on any atom is -0.298 e. The molecule has 2 N–H and O–H groups in total. The number of aldehydes is 1. The minimum absolute atomic E-state index is 0.00761. The van der Waals surface area contributed by atoms with Gasteiger partial charge in [-0.25, -0.2) is 13.2 Å². The van der Waals surface area contributed by atoms with Crippen LogP contribution in [0.5, 0.6) is 0 Å². The minimum atomic E-state index is -1.79. The highest BCUT2D eigenvalue weighted by Gasteiger charge is 2.21. The van der Waals surface area contributed by atoms with E-state index in [0.717, 1.165) is 6.07 Å². The molecule has 0 saturated carbocycles. The summed E-state index contributed by atoms with van der Waals surface area (Å²) < 4.78 is 39.4. The number of nitrogens with one attached hydrogen (secondary N) is 2. The maximum atomic E-state index is 13.3. The van der Waals surface area contributed by atoms with Crippen molar-refractivity contribution in [3.63, 3.8) is 0 Å². The van der Waals surface area contributed by atoms with Gasteiger partial charge in [-0.2, -0.15) is 0 Å². The molecule has 3 nitrogen and oxygen atoms in total. The average molecular weight is 260 g/mol. The Bertz CT molecular complexity index is 517. The third kappa shape index (κ3) is 2.73. The Kier molecular flexibility index (Phi) is 4.06. The van der Waals surface area contributed by atoms with E-state index in [1.165, 1.54) is 6.92 Å². The molecule has 0 bridgehead atoms. The molecule has 0 aliphatic carbocycles. The first-order valence-electron chi connectivity index (χ1n) is 4.33. The second-order valence-corrected chi connectivity index (χ2v) is 4.29. The highest BCUT2D eigenvalue weighted by Crippen LogP contribution is 2.22. The quantitative estimate of drug-likeness (QED) is 0.371. The van der Waals surface area contributed by atoms with Gasteiger partial charge in [-0.1, -0.05) is 11.8 Å². The first-order valence-corrected chi connectivity index (χ1v) is 5.14. The molecule has 0 radical (unpaired) electrons. The molecule has 1 rings (SSSR count). The van der Waals surface area contributed by atoms with E-state index in [1.54, 1.807) is 0 Å². The Balaban J connectivity index is 3.34. The lowest BCUT2D eigenvalue weighted by atomic mass is 10.1. The van der Waals surface area contributed by atoms with Crippen molar-refractivity contribution in [3.8, 4) is 0 Å². The Morgan fingerprint density at radius 1 is 1.24 bits per heavy atom. The zero-order valence-corrected chi connectivity index (χ0v) is 9.42. The second kappa shape index (κ2) is 5.13. The third-order valence-corrected chi connectivity index (χ3v) is 2.53. The molecule has 0 amide bonds. The summed E-state index contributed by atoms with van der Waals surface area (Å²) in [5.41, 5.74) is -1.20. The van der Waals surface area contributed by atoms with Crippen molar-refractivity contribution in [1.82, 2.24) is 0 Å². The number of rotatable bonds is 2. The van der Waals surface area contributed by atoms with Crippen LogP contribution in [0.3, 0.4) is 0 Å². The second-order valence-electron chi connectivity index (χ2n) is 3.06. The molecule has 1 aromatic carbocycles. The monoisotopic (exact) mass is 260 g/mol. The molecule has 0 atom stereocenters. The van der Waals surface area contributed by atoms with E-state index in [2.05, 4.69) is 0 Å². The van der Waals surface area contributed by atoms with Crippen molar-refractivity contribution in [1.29, 1.82) is 10.8 Å². The van der Waals surface area contributed by atoms with Crippen molar-refractivity contribution in [2.24, 2.45) is 0 Å². The predicted octanol–water partition coefficient (Wildman–Crippen LogP) is 2.97. The summed E-state index contributed by atoms with van der Waals surface area (Å²) >= 11 is 0.577. The molecule has 0 unspecified atom stereocenters. The maximum absolute atomic E-state index is 13.3. The van der Waals surface area contributed by atoms with Crippen LogP contribution < -0.4 is 0 Å². The molecule has 0 saturated heterocycles. The number of hydrogen-bond donors (Lipinski definition) is 2. The number of hydrogen-bond acceptors (Lipinski definition) is 4. The lowest BCUT2D eigenvalue weighted by Gasteiger charge is -2.07. The zero-order valence-electron chi connectivity index (χ0n) is 8.61. The molecular weight excluding hydrogens is 253 g/mol. The summed E-state index contributed by atoms with van der Waals surface area (Å²) in [6.07, 6.45) is 0.0383. The number of carbonyl (C=O) groups is 1. The van der Waals surface area contributed by atoms with Gasteiger partial charge < -0.3 is 0 Å². The van der Waals surface area contributed by atoms with Gasteiger partial charge in [-0.3, -0.25) is 15.6 Å². The van der Waals surface area contributed by atoms with E-state index < -0.39 is 33.6 Å². The van der Waals surface area contributed by atoms with Gasteiger partial charge in [0.2, 0.25) is 0 Å². The molecule has 0 aromatic heterocycles. The topological polar surface area (TPSA) is 64.8 Å². The molecule has 0 aliphatic rings. The molecule has 0 heterocycles. The van der Waals surface area contributed by atoms with Crippen LogP contribution in [0, 0.1) is 28.3 Å². The van der Waals surface area contributed by atoms with Crippen LogP contribution in [-0.2, 0) is 0 Å². The van der Waals surface area contributed by atoms with E-state index in [-0.39, 0.29) is 11.3 Å². The van der Waals surface area contributed by atoms with E-state index in [9.17, 15) is 18.0 Å². The lowest BCUT2D eigenvalue weighted by Crippen LogP contribution is -2.07. The molecular formula is C10H7F3N2OS. The lowest BCUT2D eigenvalue weighted by molar-refractivity contribution is 0.111. The van der Waals surface area contributed by atoms with Gasteiger partial charge in [0.05, 0.1) is 10.6 Å².